The molecule has 3 saturated heterocycles. The Morgan fingerprint density at radius 1 is 1.06 bits per heavy atom. The highest BCUT2D eigenvalue weighted by atomic mass is 32.2. The van der Waals surface area contributed by atoms with Crippen LogP contribution in [0.5, 0.6) is 0 Å². The van der Waals surface area contributed by atoms with E-state index in [1.807, 2.05) is 12.1 Å². The van der Waals surface area contributed by atoms with E-state index in [0.717, 1.165) is 12.0 Å². The van der Waals surface area contributed by atoms with Crippen molar-refractivity contribution in [2.24, 2.45) is 5.92 Å². The molecular formula is C22H33N3O5S. The minimum Gasteiger partial charge on any atom is -0.352 e. The van der Waals surface area contributed by atoms with Crippen molar-refractivity contribution in [2.75, 3.05) is 39.4 Å². The van der Waals surface area contributed by atoms with E-state index in [4.69, 9.17) is 9.47 Å². The van der Waals surface area contributed by atoms with E-state index in [9.17, 15) is 13.2 Å². The van der Waals surface area contributed by atoms with E-state index in [0.29, 0.717) is 65.1 Å². The second-order valence-corrected chi connectivity index (χ2v) is 10.5. The third-order valence-corrected chi connectivity index (χ3v) is 8.61. The van der Waals surface area contributed by atoms with Crippen LogP contribution >= 0.6 is 0 Å². The highest BCUT2D eigenvalue weighted by Gasteiger charge is 2.44. The number of benzene rings is 1. The van der Waals surface area contributed by atoms with Gasteiger partial charge in [0.15, 0.2) is 5.79 Å². The van der Waals surface area contributed by atoms with Crippen molar-refractivity contribution in [1.82, 2.24) is 13.9 Å². The van der Waals surface area contributed by atoms with Gasteiger partial charge < -0.3 is 14.8 Å². The second-order valence-electron chi connectivity index (χ2n) is 8.60. The zero-order valence-electron chi connectivity index (χ0n) is 18.2. The van der Waals surface area contributed by atoms with Gasteiger partial charge in [-0.1, -0.05) is 31.2 Å². The highest BCUT2D eigenvalue weighted by Crippen LogP contribution is 2.33. The lowest BCUT2D eigenvalue weighted by Crippen LogP contribution is -2.54. The molecule has 0 bridgehead atoms. The van der Waals surface area contributed by atoms with Crippen molar-refractivity contribution in [2.45, 2.75) is 51.4 Å². The molecule has 3 heterocycles. The fourth-order valence-corrected chi connectivity index (χ4v) is 6.30. The summed E-state index contributed by atoms with van der Waals surface area (Å²) in [5.41, 5.74) is 2.31. The molecule has 1 amide bonds. The molecule has 1 aromatic carbocycles. The minimum absolute atomic E-state index is 0.0789. The predicted molar refractivity (Wildman–Crippen MR) is 116 cm³/mol. The molecule has 3 aliphatic heterocycles. The van der Waals surface area contributed by atoms with Gasteiger partial charge in [0, 0.05) is 45.6 Å². The number of hydrogen-bond donors (Lipinski definition) is 1. The maximum atomic E-state index is 13.2. The lowest BCUT2D eigenvalue weighted by atomic mass is 9.98. The molecule has 3 aliphatic rings. The number of piperidine rings is 2. The number of aryl methyl sites for hydroxylation is 1. The van der Waals surface area contributed by atoms with Crippen molar-refractivity contribution < 1.29 is 22.7 Å². The summed E-state index contributed by atoms with van der Waals surface area (Å²) in [6.45, 7) is 5.15. The van der Waals surface area contributed by atoms with Gasteiger partial charge in [-0.2, -0.15) is 17.0 Å². The van der Waals surface area contributed by atoms with Crippen LogP contribution in [0, 0.1) is 5.92 Å². The normalized spacial score (nSPS) is 25.0. The van der Waals surface area contributed by atoms with Gasteiger partial charge in [-0.3, -0.25) is 4.79 Å². The van der Waals surface area contributed by atoms with Crippen LogP contribution in [0.25, 0.3) is 0 Å². The van der Waals surface area contributed by atoms with E-state index in [-0.39, 0.29) is 18.4 Å². The molecule has 172 valence electrons. The topological polar surface area (TPSA) is 88.2 Å². The monoisotopic (exact) mass is 451 g/mol. The minimum atomic E-state index is -3.60. The van der Waals surface area contributed by atoms with E-state index in [2.05, 4.69) is 24.4 Å². The van der Waals surface area contributed by atoms with Gasteiger partial charge in [-0.05, 0) is 30.4 Å². The number of rotatable bonds is 6. The van der Waals surface area contributed by atoms with Gasteiger partial charge in [0.1, 0.15) is 0 Å². The van der Waals surface area contributed by atoms with Gasteiger partial charge in [0.05, 0.1) is 19.1 Å². The third-order valence-electron chi connectivity index (χ3n) is 6.60. The van der Waals surface area contributed by atoms with Gasteiger partial charge in [0.2, 0.25) is 5.91 Å². The third kappa shape index (κ3) is 5.12. The summed E-state index contributed by atoms with van der Waals surface area (Å²) in [6, 6.07) is 8.19. The van der Waals surface area contributed by atoms with E-state index in [1.54, 1.807) is 0 Å². The van der Waals surface area contributed by atoms with Crippen molar-refractivity contribution in [1.29, 1.82) is 0 Å². The lowest BCUT2D eigenvalue weighted by Gasteiger charge is -2.40. The van der Waals surface area contributed by atoms with E-state index >= 15 is 0 Å². The summed E-state index contributed by atoms with van der Waals surface area (Å²) in [5, 5.41) is 2.98. The van der Waals surface area contributed by atoms with Crippen molar-refractivity contribution in [3.8, 4) is 0 Å². The Balaban J connectivity index is 1.31. The standard InChI is InChI=1S/C22H33N3O5S/c1-2-18-5-7-19(8-6-18)16-23-21(26)20-4-3-11-25(17-20)31(27,28)24-12-9-22(10-13-24)29-14-15-30-22/h5-8,20H,2-4,9-17H2,1H3,(H,23,26)/t20-/m1/s1. The molecular weight excluding hydrogens is 418 g/mol. The summed E-state index contributed by atoms with van der Waals surface area (Å²) >= 11 is 0. The van der Waals surface area contributed by atoms with Crippen LogP contribution in [0.2, 0.25) is 0 Å². The number of carbonyl (C=O) groups excluding carboxylic acids is 1. The molecule has 1 spiro atoms. The molecule has 0 radical (unpaired) electrons. The number of nitrogens with one attached hydrogen (secondary N) is 1. The molecule has 8 nitrogen and oxygen atoms in total. The van der Waals surface area contributed by atoms with Gasteiger partial charge >= 0.3 is 0 Å². The molecule has 1 aromatic rings. The summed E-state index contributed by atoms with van der Waals surface area (Å²) in [5.74, 6) is -1.01. The average molecular weight is 452 g/mol. The molecule has 9 heteroatoms. The number of nitrogens with zero attached hydrogens (tertiary/aromatic N) is 2. The molecule has 1 N–H and O–H groups in total. The number of carbonyl (C=O) groups is 1. The van der Waals surface area contributed by atoms with Crippen LogP contribution in [-0.2, 0) is 37.4 Å². The first-order valence-corrected chi connectivity index (χ1v) is 12.7. The Hall–Kier alpha value is -1.52. The summed E-state index contributed by atoms with van der Waals surface area (Å²) in [4.78, 5) is 12.7. The Labute approximate surface area is 185 Å². The van der Waals surface area contributed by atoms with Crippen molar-refractivity contribution >= 4 is 16.1 Å². The fourth-order valence-electron chi connectivity index (χ4n) is 4.60. The van der Waals surface area contributed by atoms with E-state index < -0.39 is 16.0 Å². The Morgan fingerprint density at radius 2 is 1.71 bits per heavy atom. The molecule has 0 aromatic heterocycles. The second kappa shape index (κ2) is 9.54. The Bertz CT molecular complexity index is 858. The van der Waals surface area contributed by atoms with Gasteiger partial charge in [-0.25, -0.2) is 0 Å². The summed E-state index contributed by atoms with van der Waals surface area (Å²) in [7, 11) is -3.60. The first-order valence-electron chi connectivity index (χ1n) is 11.3. The first-order chi connectivity index (χ1) is 14.9. The summed E-state index contributed by atoms with van der Waals surface area (Å²) < 4.78 is 40.8. The van der Waals surface area contributed by atoms with Crippen LogP contribution in [0.15, 0.2) is 24.3 Å². The van der Waals surface area contributed by atoms with Crippen LogP contribution < -0.4 is 5.32 Å². The van der Waals surface area contributed by atoms with Gasteiger partial charge in [0.25, 0.3) is 10.2 Å². The van der Waals surface area contributed by atoms with E-state index in [1.165, 1.54) is 14.2 Å². The average Bonchev–Trinajstić information content (AvgIpc) is 3.26. The van der Waals surface area contributed by atoms with Crippen molar-refractivity contribution in [3.05, 3.63) is 35.4 Å². The zero-order chi connectivity index (χ0) is 21.9. The quantitative estimate of drug-likeness (QED) is 0.711. The van der Waals surface area contributed by atoms with Crippen LogP contribution in [-0.4, -0.2) is 68.1 Å². The lowest BCUT2D eigenvalue weighted by molar-refractivity contribution is -0.179. The SMILES string of the molecule is CCc1ccc(CNC(=O)[C@@H]2CCCN(S(=O)(=O)N3CCC4(CC3)OCCO4)C2)cc1. The Kier molecular flexibility index (Phi) is 6.98. The molecule has 3 fully saturated rings. The van der Waals surface area contributed by atoms with Gasteiger partial charge in [-0.15, -0.1) is 0 Å². The largest absolute Gasteiger partial charge is 0.352 e. The maximum absolute atomic E-state index is 13.2. The Morgan fingerprint density at radius 3 is 2.35 bits per heavy atom. The van der Waals surface area contributed by atoms with Crippen molar-refractivity contribution in [3.63, 3.8) is 0 Å². The highest BCUT2D eigenvalue weighted by molar-refractivity contribution is 7.86. The molecule has 1 atom stereocenters. The van der Waals surface area contributed by atoms with Crippen LogP contribution in [0.1, 0.15) is 43.7 Å². The first kappa shape index (κ1) is 22.7. The summed E-state index contributed by atoms with van der Waals surface area (Å²) in [6.07, 6.45) is 3.46. The molecule has 0 unspecified atom stereocenters. The molecule has 0 aliphatic carbocycles. The molecule has 4 rings (SSSR count). The number of amides is 1. The molecule has 0 saturated carbocycles. The zero-order valence-corrected chi connectivity index (χ0v) is 19.0. The smallest absolute Gasteiger partial charge is 0.282 e. The predicted octanol–water partition coefficient (Wildman–Crippen LogP) is 1.66. The maximum Gasteiger partial charge on any atom is 0.282 e. The van der Waals surface area contributed by atoms with Crippen LogP contribution in [0.3, 0.4) is 0 Å². The molecule has 31 heavy (non-hydrogen) atoms. The number of ether oxygens (including phenoxy) is 2. The van der Waals surface area contributed by atoms with Crippen LogP contribution in [0.4, 0.5) is 0 Å². The number of hydrogen-bond acceptors (Lipinski definition) is 5. The fraction of sp³-hybridized carbons (Fsp3) is 0.682.